The van der Waals surface area contributed by atoms with E-state index in [0.717, 1.165) is 12.1 Å². The van der Waals surface area contributed by atoms with Crippen molar-refractivity contribution in [2.75, 3.05) is 0 Å². The summed E-state index contributed by atoms with van der Waals surface area (Å²) in [5, 5.41) is 8.25. The van der Waals surface area contributed by atoms with Crippen LogP contribution in [0.15, 0.2) is 30.3 Å². The molecule has 0 saturated carbocycles. The fourth-order valence-electron chi connectivity index (χ4n) is 1.03. The number of alkyl halides is 3. The summed E-state index contributed by atoms with van der Waals surface area (Å²) in [6, 6.07) is 6.69. The van der Waals surface area contributed by atoms with Crippen LogP contribution >= 0.6 is 0 Å². The van der Waals surface area contributed by atoms with Crippen LogP contribution in [0.1, 0.15) is 17.5 Å². The molecular formula is C11H8F3N. The minimum atomic E-state index is -4.30. The molecule has 0 heterocycles. The molecule has 0 radical (unpaired) electrons. The Morgan fingerprint density at radius 3 is 2.27 bits per heavy atom. The molecular weight excluding hydrogens is 203 g/mol. The van der Waals surface area contributed by atoms with E-state index in [1.165, 1.54) is 12.1 Å². The third kappa shape index (κ3) is 3.47. The second-order valence-corrected chi connectivity index (χ2v) is 2.88. The molecule has 0 aliphatic heterocycles. The summed E-state index contributed by atoms with van der Waals surface area (Å²) in [7, 11) is 0. The lowest BCUT2D eigenvalue weighted by atomic mass is 10.1. The van der Waals surface area contributed by atoms with Gasteiger partial charge in [0.2, 0.25) is 0 Å². The fraction of sp³-hybridized carbons (Fsp3) is 0.182. The summed E-state index contributed by atoms with van der Waals surface area (Å²) in [6.07, 6.45) is -0.831. The largest absolute Gasteiger partial charge is 0.416 e. The molecule has 15 heavy (non-hydrogen) atoms. The van der Waals surface area contributed by atoms with Gasteiger partial charge in [0.15, 0.2) is 0 Å². The van der Waals surface area contributed by atoms with E-state index in [-0.39, 0.29) is 6.42 Å². The van der Waals surface area contributed by atoms with Gasteiger partial charge in [-0.05, 0) is 17.7 Å². The number of hydrogen-bond acceptors (Lipinski definition) is 1. The number of rotatable bonds is 2. The van der Waals surface area contributed by atoms with Crippen molar-refractivity contribution in [2.45, 2.75) is 12.6 Å². The van der Waals surface area contributed by atoms with Crippen LogP contribution in [-0.4, -0.2) is 0 Å². The number of nitriles is 1. The topological polar surface area (TPSA) is 23.8 Å². The normalized spacial score (nSPS) is 11.6. The van der Waals surface area contributed by atoms with E-state index >= 15 is 0 Å². The molecule has 0 atom stereocenters. The van der Waals surface area contributed by atoms with Crippen LogP contribution in [-0.2, 0) is 6.18 Å². The molecule has 0 aliphatic rings. The highest BCUT2D eigenvalue weighted by Gasteiger charge is 2.29. The molecule has 0 amide bonds. The van der Waals surface area contributed by atoms with Crippen LogP contribution < -0.4 is 0 Å². The third-order valence-electron chi connectivity index (χ3n) is 1.76. The molecule has 1 aromatic carbocycles. The molecule has 0 unspecified atom stereocenters. The number of hydrogen-bond donors (Lipinski definition) is 0. The summed E-state index contributed by atoms with van der Waals surface area (Å²) < 4.78 is 36.5. The van der Waals surface area contributed by atoms with E-state index in [1.807, 2.05) is 6.07 Å². The lowest BCUT2D eigenvalue weighted by Gasteiger charge is -2.05. The van der Waals surface area contributed by atoms with Gasteiger partial charge < -0.3 is 0 Å². The van der Waals surface area contributed by atoms with Crippen LogP contribution in [0.5, 0.6) is 0 Å². The SMILES string of the molecule is N#CCC=Cc1ccc(C(F)(F)F)cc1. The van der Waals surface area contributed by atoms with E-state index in [0.29, 0.717) is 5.56 Å². The molecule has 4 heteroatoms. The van der Waals surface area contributed by atoms with Crippen LogP contribution in [0.3, 0.4) is 0 Å². The molecule has 0 aliphatic carbocycles. The summed E-state index contributed by atoms with van der Waals surface area (Å²) in [5.74, 6) is 0. The Kier molecular flexibility index (Phi) is 3.51. The molecule has 0 N–H and O–H groups in total. The van der Waals surface area contributed by atoms with Gasteiger partial charge in [0, 0.05) is 0 Å². The van der Waals surface area contributed by atoms with Crippen molar-refractivity contribution < 1.29 is 13.2 Å². The lowest BCUT2D eigenvalue weighted by molar-refractivity contribution is -0.137. The predicted octanol–water partition coefficient (Wildman–Crippen LogP) is 3.63. The zero-order valence-corrected chi connectivity index (χ0v) is 7.75. The van der Waals surface area contributed by atoms with Crippen molar-refractivity contribution in [3.8, 4) is 6.07 Å². The molecule has 1 nitrogen and oxygen atoms in total. The van der Waals surface area contributed by atoms with E-state index in [9.17, 15) is 13.2 Å². The monoisotopic (exact) mass is 211 g/mol. The number of allylic oxidation sites excluding steroid dienone is 1. The first-order valence-electron chi connectivity index (χ1n) is 4.25. The maximum absolute atomic E-state index is 12.2. The van der Waals surface area contributed by atoms with Gasteiger partial charge in [-0.15, -0.1) is 0 Å². The van der Waals surface area contributed by atoms with Crippen molar-refractivity contribution in [1.29, 1.82) is 5.26 Å². The van der Waals surface area contributed by atoms with Crippen LogP contribution in [0, 0.1) is 11.3 Å². The van der Waals surface area contributed by atoms with E-state index in [1.54, 1.807) is 12.2 Å². The summed E-state index contributed by atoms with van der Waals surface area (Å²) in [6.45, 7) is 0. The minimum absolute atomic E-state index is 0.251. The quantitative estimate of drug-likeness (QED) is 0.732. The van der Waals surface area contributed by atoms with Gasteiger partial charge in [0.05, 0.1) is 18.1 Å². The standard InChI is InChI=1S/C11H8F3N/c12-11(13,14)10-6-4-9(5-7-10)3-1-2-8-15/h1,3-7H,2H2. The predicted molar refractivity (Wildman–Crippen MR) is 50.7 cm³/mol. The highest BCUT2D eigenvalue weighted by atomic mass is 19.4. The smallest absolute Gasteiger partial charge is 0.198 e. The van der Waals surface area contributed by atoms with Gasteiger partial charge in [0.1, 0.15) is 0 Å². The summed E-state index contributed by atoms with van der Waals surface area (Å²) >= 11 is 0. The minimum Gasteiger partial charge on any atom is -0.198 e. The molecule has 78 valence electrons. The van der Waals surface area contributed by atoms with Crippen molar-refractivity contribution in [1.82, 2.24) is 0 Å². The molecule has 1 aromatic rings. The molecule has 0 aromatic heterocycles. The molecule has 1 rings (SSSR count). The second kappa shape index (κ2) is 4.65. The highest BCUT2D eigenvalue weighted by molar-refractivity contribution is 5.50. The summed E-state index contributed by atoms with van der Waals surface area (Å²) in [5.41, 5.74) is -0.0156. The zero-order chi connectivity index (χ0) is 11.3. The Hall–Kier alpha value is -1.76. The molecule has 0 fully saturated rings. The van der Waals surface area contributed by atoms with Gasteiger partial charge in [-0.2, -0.15) is 18.4 Å². The highest BCUT2D eigenvalue weighted by Crippen LogP contribution is 2.29. The first kappa shape index (κ1) is 11.3. The third-order valence-corrected chi connectivity index (χ3v) is 1.76. The van der Waals surface area contributed by atoms with Crippen LogP contribution in [0.25, 0.3) is 6.08 Å². The Morgan fingerprint density at radius 1 is 1.20 bits per heavy atom. The number of halogens is 3. The van der Waals surface area contributed by atoms with Crippen molar-refractivity contribution in [2.24, 2.45) is 0 Å². The Labute approximate surface area is 85.5 Å². The van der Waals surface area contributed by atoms with Gasteiger partial charge in [-0.25, -0.2) is 0 Å². The Morgan fingerprint density at radius 2 is 1.80 bits per heavy atom. The van der Waals surface area contributed by atoms with Gasteiger partial charge >= 0.3 is 6.18 Å². The molecule has 0 spiro atoms. The van der Waals surface area contributed by atoms with Crippen molar-refractivity contribution in [3.05, 3.63) is 41.5 Å². The number of benzene rings is 1. The molecule has 0 saturated heterocycles. The van der Waals surface area contributed by atoms with E-state index < -0.39 is 11.7 Å². The van der Waals surface area contributed by atoms with Gasteiger partial charge in [-0.1, -0.05) is 24.3 Å². The maximum atomic E-state index is 12.2. The second-order valence-electron chi connectivity index (χ2n) is 2.88. The van der Waals surface area contributed by atoms with Gasteiger partial charge in [-0.3, -0.25) is 0 Å². The van der Waals surface area contributed by atoms with Gasteiger partial charge in [0.25, 0.3) is 0 Å². The first-order valence-corrected chi connectivity index (χ1v) is 4.25. The number of nitrogens with zero attached hydrogens (tertiary/aromatic N) is 1. The van der Waals surface area contributed by atoms with E-state index in [4.69, 9.17) is 5.26 Å². The van der Waals surface area contributed by atoms with Crippen LogP contribution in [0.2, 0.25) is 0 Å². The maximum Gasteiger partial charge on any atom is 0.416 e. The zero-order valence-electron chi connectivity index (χ0n) is 7.75. The Balaban J connectivity index is 2.78. The average molecular weight is 211 g/mol. The van der Waals surface area contributed by atoms with E-state index in [2.05, 4.69) is 0 Å². The average Bonchev–Trinajstić information content (AvgIpc) is 2.18. The van der Waals surface area contributed by atoms with Crippen molar-refractivity contribution >= 4 is 6.08 Å². The first-order chi connectivity index (χ1) is 7.04. The lowest BCUT2D eigenvalue weighted by Crippen LogP contribution is -2.03. The fourth-order valence-corrected chi connectivity index (χ4v) is 1.03. The summed E-state index contributed by atoms with van der Waals surface area (Å²) in [4.78, 5) is 0. The Bertz CT molecular complexity index is 382. The molecule has 0 bridgehead atoms. The van der Waals surface area contributed by atoms with Crippen molar-refractivity contribution in [3.63, 3.8) is 0 Å². The van der Waals surface area contributed by atoms with Crippen LogP contribution in [0.4, 0.5) is 13.2 Å².